The summed E-state index contributed by atoms with van der Waals surface area (Å²) in [6, 6.07) is 11.6. The normalized spacial score (nSPS) is 12.5. The van der Waals surface area contributed by atoms with Crippen LogP contribution in [-0.4, -0.2) is 26.0 Å². The van der Waals surface area contributed by atoms with E-state index in [9.17, 15) is 0 Å². The predicted octanol–water partition coefficient (Wildman–Crippen LogP) is 8.31. The Bertz CT molecular complexity index is 824. The molecule has 0 fully saturated rings. The van der Waals surface area contributed by atoms with Crippen LogP contribution in [0.25, 0.3) is 0 Å². The lowest BCUT2D eigenvalue weighted by Crippen LogP contribution is -2.15. The summed E-state index contributed by atoms with van der Waals surface area (Å²) in [4.78, 5) is 0. The summed E-state index contributed by atoms with van der Waals surface area (Å²) in [7, 11) is 1.06. The fourth-order valence-corrected chi connectivity index (χ4v) is 5.36. The van der Waals surface area contributed by atoms with Gasteiger partial charge >= 0.3 is 0 Å². The maximum atomic E-state index is 6.32. The van der Waals surface area contributed by atoms with Crippen LogP contribution < -0.4 is 10.1 Å². The van der Waals surface area contributed by atoms with Gasteiger partial charge in [0.25, 0.3) is 0 Å². The average Bonchev–Trinajstić information content (AvgIpc) is 2.80. The molecule has 0 aromatic heterocycles. The van der Waals surface area contributed by atoms with Crippen molar-refractivity contribution in [3.8, 4) is 5.75 Å². The molecule has 2 atom stereocenters. The van der Waals surface area contributed by atoms with Gasteiger partial charge in [0.15, 0.2) is 0 Å². The molecule has 0 aliphatic carbocycles. The summed E-state index contributed by atoms with van der Waals surface area (Å²) in [5.41, 5.74) is 8.20. The third-order valence-corrected chi connectivity index (χ3v) is 7.80. The molecule has 1 N–H and O–H groups in total. The Morgan fingerprint density at radius 3 is 2.21 bits per heavy atom. The van der Waals surface area contributed by atoms with Crippen LogP contribution in [0.15, 0.2) is 30.3 Å². The highest BCUT2D eigenvalue weighted by Gasteiger charge is 2.12. The zero-order valence-corrected chi connectivity index (χ0v) is 23.9. The SMILES string of the molecule is CCCCCC(CCCOc1c(C)cc(CNCCCPC)cc1C)Cc1ccc(C)c(C)c1. The van der Waals surface area contributed by atoms with Crippen molar-refractivity contribution in [3.63, 3.8) is 0 Å². The van der Waals surface area contributed by atoms with Crippen LogP contribution in [0.3, 0.4) is 0 Å². The van der Waals surface area contributed by atoms with E-state index in [0.29, 0.717) is 0 Å². The third-order valence-electron chi connectivity index (χ3n) is 6.94. The summed E-state index contributed by atoms with van der Waals surface area (Å²) < 4.78 is 6.32. The van der Waals surface area contributed by atoms with Crippen LogP contribution in [0, 0.1) is 33.6 Å². The molecule has 34 heavy (non-hydrogen) atoms. The highest BCUT2D eigenvalue weighted by Crippen LogP contribution is 2.26. The number of aryl methyl sites for hydroxylation is 4. The van der Waals surface area contributed by atoms with E-state index in [1.54, 1.807) is 0 Å². The highest BCUT2D eigenvalue weighted by atomic mass is 31.1. The van der Waals surface area contributed by atoms with E-state index in [1.165, 1.54) is 84.5 Å². The van der Waals surface area contributed by atoms with E-state index in [0.717, 1.165) is 46.4 Å². The molecule has 2 rings (SSSR count). The molecule has 0 spiro atoms. The van der Waals surface area contributed by atoms with Crippen molar-refractivity contribution in [2.24, 2.45) is 5.92 Å². The summed E-state index contributed by atoms with van der Waals surface area (Å²) in [5.74, 6) is 1.84. The molecule has 2 unspecified atom stereocenters. The second-order valence-corrected chi connectivity index (χ2v) is 11.4. The maximum Gasteiger partial charge on any atom is 0.125 e. The molecule has 2 nitrogen and oxygen atoms in total. The third kappa shape index (κ3) is 10.5. The maximum absolute atomic E-state index is 6.32. The van der Waals surface area contributed by atoms with Crippen LogP contribution in [-0.2, 0) is 13.0 Å². The van der Waals surface area contributed by atoms with Gasteiger partial charge in [0.1, 0.15) is 5.75 Å². The van der Waals surface area contributed by atoms with Crippen LogP contribution in [0.5, 0.6) is 5.75 Å². The Kier molecular flexibility index (Phi) is 13.9. The van der Waals surface area contributed by atoms with Gasteiger partial charge < -0.3 is 10.1 Å². The molecule has 0 saturated heterocycles. The molecule has 0 aliphatic rings. The van der Waals surface area contributed by atoms with Gasteiger partial charge in [-0.1, -0.05) is 62.9 Å². The van der Waals surface area contributed by atoms with E-state index in [-0.39, 0.29) is 0 Å². The lowest BCUT2D eigenvalue weighted by Gasteiger charge is -2.19. The first-order chi connectivity index (χ1) is 16.4. The van der Waals surface area contributed by atoms with Crippen molar-refractivity contribution in [3.05, 3.63) is 63.7 Å². The van der Waals surface area contributed by atoms with Crippen LogP contribution in [0.2, 0.25) is 0 Å². The van der Waals surface area contributed by atoms with Crippen molar-refractivity contribution in [2.45, 2.75) is 92.5 Å². The zero-order valence-electron chi connectivity index (χ0n) is 22.9. The largest absolute Gasteiger partial charge is 0.493 e. The molecule has 2 aromatic rings. The summed E-state index contributed by atoms with van der Waals surface area (Å²) in [5, 5.41) is 3.59. The Balaban J connectivity index is 1.85. The molecule has 0 heterocycles. The standard InChI is InChI=1S/C31H50NOP/c1-7-8-9-12-28(22-29-15-14-24(2)25(3)19-29)13-10-17-33-31-26(4)20-30(21-27(31)5)23-32-16-11-18-34-6/h14-15,19-21,28,32,34H,7-13,16-18,22-23H2,1-6H3. The van der Waals surface area contributed by atoms with E-state index >= 15 is 0 Å². The van der Waals surface area contributed by atoms with E-state index in [1.807, 2.05) is 0 Å². The minimum absolute atomic E-state index is 0.751. The topological polar surface area (TPSA) is 21.3 Å². The summed E-state index contributed by atoms with van der Waals surface area (Å²) >= 11 is 0. The molecule has 3 heteroatoms. The fraction of sp³-hybridized carbons (Fsp3) is 0.613. The van der Waals surface area contributed by atoms with E-state index in [4.69, 9.17) is 4.74 Å². The second-order valence-electron chi connectivity index (χ2n) is 10.2. The van der Waals surface area contributed by atoms with Gasteiger partial charge in [-0.2, -0.15) is 0 Å². The number of hydrogen-bond donors (Lipinski definition) is 1. The van der Waals surface area contributed by atoms with Crippen LogP contribution in [0.4, 0.5) is 0 Å². The Morgan fingerprint density at radius 2 is 1.53 bits per heavy atom. The summed E-state index contributed by atoms with van der Waals surface area (Å²) in [6.45, 7) is 16.3. The minimum atomic E-state index is 0.751. The average molecular weight is 484 g/mol. The van der Waals surface area contributed by atoms with Crippen molar-refractivity contribution in [2.75, 3.05) is 26.0 Å². The molecule has 0 radical (unpaired) electrons. The van der Waals surface area contributed by atoms with Crippen molar-refractivity contribution in [1.82, 2.24) is 5.32 Å². The first-order valence-corrected chi connectivity index (χ1v) is 15.3. The Hall–Kier alpha value is -1.37. The molecular formula is C31H50NOP. The molecule has 2 aromatic carbocycles. The number of nitrogens with one attached hydrogen (secondary N) is 1. The van der Waals surface area contributed by atoms with Gasteiger partial charge in [0.05, 0.1) is 6.61 Å². The number of rotatable bonds is 17. The lowest BCUT2D eigenvalue weighted by molar-refractivity contribution is 0.283. The van der Waals surface area contributed by atoms with Crippen LogP contribution in [0.1, 0.15) is 85.3 Å². The zero-order chi connectivity index (χ0) is 24.8. The first-order valence-electron chi connectivity index (χ1n) is 13.6. The number of unbranched alkanes of at least 4 members (excludes halogenated alkanes) is 2. The van der Waals surface area contributed by atoms with E-state index < -0.39 is 0 Å². The van der Waals surface area contributed by atoms with Gasteiger partial charge in [0, 0.05) is 6.54 Å². The molecule has 0 saturated carbocycles. The molecular weight excluding hydrogens is 433 g/mol. The fourth-order valence-electron chi connectivity index (χ4n) is 4.83. The van der Waals surface area contributed by atoms with Gasteiger partial charge in [-0.05, 0) is 112 Å². The Labute approximate surface area is 212 Å². The smallest absolute Gasteiger partial charge is 0.125 e. The molecule has 0 aliphatic heterocycles. The van der Waals surface area contributed by atoms with Gasteiger partial charge in [-0.3, -0.25) is 0 Å². The minimum Gasteiger partial charge on any atom is -0.493 e. The van der Waals surface area contributed by atoms with Crippen molar-refractivity contribution in [1.29, 1.82) is 0 Å². The van der Waals surface area contributed by atoms with Crippen LogP contribution >= 0.6 is 8.58 Å². The number of benzene rings is 2. The van der Waals surface area contributed by atoms with E-state index in [2.05, 4.69) is 76.9 Å². The number of ether oxygens (including phenoxy) is 1. The summed E-state index contributed by atoms with van der Waals surface area (Å²) in [6.07, 6.45) is 11.5. The number of hydrogen-bond acceptors (Lipinski definition) is 2. The highest BCUT2D eigenvalue weighted by molar-refractivity contribution is 7.36. The van der Waals surface area contributed by atoms with Crippen molar-refractivity contribution >= 4 is 8.58 Å². The Morgan fingerprint density at radius 1 is 0.824 bits per heavy atom. The molecule has 190 valence electrons. The van der Waals surface area contributed by atoms with Gasteiger partial charge in [-0.25, -0.2) is 0 Å². The van der Waals surface area contributed by atoms with Gasteiger partial charge in [0.2, 0.25) is 0 Å². The lowest BCUT2D eigenvalue weighted by atomic mass is 9.89. The molecule has 0 amide bonds. The first kappa shape index (κ1) is 28.9. The van der Waals surface area contributed by atoms with Gasteiger partial charge in [-0.15, -0.1) is 8.58 Å². The monoisotopic (exact) mass is 483 g/mol. The quantitative estimate of drug-likeness (QED) is 0.180. The molecule has 0 bridgehead atoms. The predicted molar refractivity (Wildman–Crippen MR) is 153 cm³/mol. The second kappa shape index (κ2) is 16.3. The van der Waals surface area contributed by atoms with Crippen molar-refractivity contribution < 1.29 is 4.74 Å².